The molecule has 1 aliphatic carbocycles. The molecule has 0 spiro atoms. The first kappa shape index (κ1) is 26.4. The third-order valence-corrected chi connectivity index (χ3v) is 6.77. The van der Waals surface area contributed by atoms with Gasteiger partial charge in [0.2, 0.25) is 0 Å². The van der Waals surface area contributed by atoms with Gasteiger partial charge in [0.15, 0.2) is 5.79 Å². The molecule has 1 heterocycles. The van der Waals surface area contributed by atoms with Gasteiger partial charge in [-0.05, 0) is 44.2 Å². The molecule has 1 unspecified atom stereocenters. The average molecular weight is 496 g/mol. The summed E-state index contributed by atoms with van der Waals surface area (Å²) < 4.78 is 23.5. The summed E-state index contributed by atoms with van der Waals surface area (Å²) in [7, 11) is 0. The highest BCUT2D eigenvalue weighted by Gasteiger charge is 2.48. The van der Waals surface area contributed by atoms with E-state index < -0.39 is 30.1 Å². The van der Waals surface area contributed by atoms with Crippen molar-refractivity contribution in [3.05, 3.63) is 83.9 Å². The highest BCUT2D eigenvalue weighted by Crippen LogP contribution is 2.37. The van der Waals surface area contributed by atoms with E-state index in [-0.39, 0.29) is 24.5 Å². The molecule has 6 atom stereocenters. The number of allylic oxidation sites excluding steroid dienone is 1. The van der Waals surface area contributed by atoms with Gasteiger partial charge in [0.1, 0.15) is 12.7 Å². The Labute approximate surface area is 213 Å². The van der Waals surface area contributed by atoms with Crippen LogP contribution in [0.1, 0.15) is 38.3 Å². The van der Waals surface area contributed by atoms with E-state index in [2.05, 4.69) is 5.32 Å². The van der Waals surface area contributed by atoms with Gasteiger partial charge in [-0.15, -0.1) is 0 Å². The van der Waals surface area contributed by atoms with Crippen molar-refractivity contribution in [1.82, 2.24) is 5.32 Å². The van der Waals surface area contributed by atoms with E-state index in [1.807, 2.05) is 93.6 Å². The maximum atomic E-state index is 12.7. The topological polar surface area (TPSA) is 86.3 Å². The number of rotatable bonds is 9. The van der Waals surface area contributed by atoms with Gasteiger partial charge in [-0.2, -0.15) is 0 Å². The molecule has 0 bridgehead atoms. The van der Waals surface area contributed by atoms with Crippen molar-refractivity contribution in [3.8, 4) is 0 Å². The van der Waals surface area contributed by atoms with Crippen molar-refractivity contribution in [1.29, 1.82) is 0 Å². The van der Waals surface area contributed by atoms with Crippen LogP contribution in [-0.2, 0) is 32.2 Å². The summed E-state index contributed by atoms with van der Waals surface area (Å²) in [6.45, 7) is 6.67. The van der Waals surface area contributed by atoms with Crippen molar-refractivity contribution in [2.45, 2.75) is 70.5 Å². The largest absolute Gasteiger partial charge is 0.445 e. The Morgan fingerprint density at radius 3 is 2.31 bits per heavy atom. The standard InChI is InChI=1S/C29H37NO6/c1-20-27(36-29(2,3)35-20)26(31)25-23(19-33-17-21-11-6-4-7-12-21)15-10-16-24(25)30-28(32)34-18-22-13-8-5-9-14-22/h4-14,16,20,23-27,31H,15,17-19H2,1-3H3,(H,30,32)/t20-,23-,24+,25-,26?,27-/m0/s1. The number of carbonyl (C=O) groups excluding carboxylic acids is 1. The van der Waals surface area contributed by atoms with Crippen LogP contribution in [0.25, 0.3) is 0 Å². The van der Waals surface area contributed by atoms with E-state index in [1.165, 1.54) is 0 Å². The summed E-state index contributed by atoms with van der Waals surface area (Å²) in [5.74, 6) is -1.17. The fraction of sp³-hybridized carbons (Fsp3) is 0.483. The molecule has 194 valence electrons. The lowest BCUT2D eigenvalue weighted by Crippen LogP contribution is -2.54. The Morgan fingerprint density at radius 1 is 1.06 bits per heavy atom. The number of ether oxygens (including phenoxy) is 4. The first-order chi connectivity index (χ1) is 17.3. The van der Waals surface area contributed by atoms with Gasteiger partial charge in [-0.25, -0.2) is 4.79 Å². The molecule has 7 heteroatoms. The molecular weight excluding hydrogens is 458 g/mol. The van der Waals surface area contributed by atoms with Crippen molar-refractivity contribution in [2.24, 2.45) is 11.8 Å². The normalized spacial score (nSPS) is 27.9. The molecule has 1 aliphatic heterocycles. The van der Waals surface area contributed by atoms with Crippen LogP contribution < -0.4 is 5.32 Å². The van der Waals surface area contributed by atoms with E-state index in [1.54, 1.807) is 0 Å². The fourth-order valence-corrected chi connectivity index (χ4v) is 5.13. The predicted molar refractivity (Wildman–Crippen MR) is 136 cm³/mol. The van der Waals surface area contributed by atoms with Crippen LogP contribution in [0.4, 0.5) is 4.79 Å². The maximum Gasteiger partial charge on any atom is 0.407 e. The number of aliphatic hydroxyl groups is 1. The monoisotopic (exact) mass is 495 g/mol. The summed E-state index contributed by atoms with van der Waals surface area (Å²) in [6.07, 6.45) is 2.44. The van der Waals surface area contributed by atoms with Crippen molar-refractivity contribution >= 4 is 6.09 Å². The van der Waals surface area contributed by atoms with Gasteiger partial charge < -0.3 is 29.4 Å². The Kier molecular flexibility index (Phi) is 8.80. The molecule has 2 aromatic carbocycles. The first-order valence-electron chi connectivity index (χ1n) is 12.6. The molecule has 2 aliphatic rings. The molecule has 0 saturated carbocycles. The number of amides is 1. The van der Waals surface area contributed by atoms with E-state index >= 15 is 0 Å². The fourth-order valence-electron chi connectivity index (χ4n) is 5.13. The number of aliphatic hydroxyl groups excluding tert-OH is 1. The number of hydrogen-bond acceptors (Lipinski definition) is 6. The average Bonchev–Trinajstić information content (AvgIpc) is 3.16. The number of hydrogen-bond donors (Lipinski definition) is 2. The minimum Gasteiger partial charge on any atom is -0.445 e. The third-order valence-electron chi connectivity index (χ3n) is 6.77. The number of benzene rings is 2. The van der Waals surface area contributed by atoms with Crippen molar-refractivity contribution in [2.75, 3.05) is 6.61 Å². The summed E-state index contributed by atoms with van der Waals surface area (Å²) in [5, 5.41) is 14.5. The van der Waals surface area contributed by atoms with Gasteiger partial charge in [0, 0.05) is 5.92 Å². The quantitative estimate of drug-likeness (QED) is 0.495. The number of alkyl carbamates (subject to hydrolysis) is 1. The number of carbonyl (C=O) groups is 1. The molecule has 1 fully saturated rings. The highest BCUT2D eigenvalue weighted by molar-refractivity contribution is 5.68. The Balaban J connectivity index is 1.45. The maximum absolute atomic E-state index is 12.7. The smallest absolute Gasteiger partial charge is 0.407 e. The summed E-state index contributed by atoms with van der Waals surface area (Å²) in [5.41, 5.74) is 1.99. The third kappa shape index (κ3) is 6.95. The SMILES string of the molecule is C[C@@H]1OC(C)(C)O[C@@H]1C(O)[C@H]1[C@H](COCc2ccccc2)CC=C[C@H]1NC(=O)OCc1ccccc1. The van der Waals surface area contributed by atoms with E-state index in [4.69, 9.17) is 18.9 Å². The summed E-state index contributed by atoms with van der Waals surface area (Å²) >= 11 is 0. The van der Waals surface area contributed by atoms with E-state index in [0.29, 0.717) is 13.2 Å². The Morgan fingerprint density at radius 2 is 1.69 bits per heavy atom. The van der Waals surface area contributed by atoms with Crippen LogP contribution in [0.5, 0.6) is 0 Å². The Hall–Kier alpha value is -2.71. The van der Waals surface area contributed by atoms with Crippen LogP contribution in [0.15, 0.2) is 72.8 Å². The van der Waals surface area contributed by atoms with Gasteiger partial charge in [-0.1, -0.05) is 72.8 Å². The zero-order valence-corrected chi connectivity index (χ0v) is 21.2. The lowest BCUT2D eigenvalue weighted by Gasteiger charge is -2.40. The van der Waals surface area contributed by atoms with Gasteiger partial charge in [-0.3, -0.25) is 0 Å². The van der Waals surface area contributed by atoms with Gasteiger partial charge in [0.25, 0.3) is 0 Å². The van der Waals surface area contributed by atoms with Crippen molar-refractivity contribution < 1.29 is 28.8 Å². The Bertz CT molecular complexity index is 995. The van der Waals surface area contributed by atoms with Crippen LogP contribution in [0, 0.1) is 11.8 Å². The van der Waals surface area contributed by atoms with Crippen LogP contribution in [0.3, 0.4) is 0 Å². The lowest BCUT2D eigenvalue weighted by molar-refractivity contribution is -0.161. The second-order valence-corrected chi connectivity index (χ2v) is 10.0. The molecule has 0 aromatic heterocycles. The van der Waals surface area contributed by atoms with Crippen LogP contribution in [-0.4, -0.2) is 47.9 Å². The summed E-state index contributed by atoms with van der Waals surface area (Å²) in [4.78, 5) is 12.7. The minimum atomic E-state index is -0.878. The van der Waals surface area contributed by atoms with Gasteiger partial charge in [0.05, 0.1) is 31.5 Å². The van der Waals surface area contributed by atoms with E-state index in [0.717, 1.165) is 17.5 Å². The van der Waals surface area contributed by atoms with Crippen LogP contribution >= 0.6 is 0 Å². The summed E-state index contributed by atoms with van der Waals surface area (Å²) in [6, 6.07) is 19.1. The second kappa shape index (κ2) is 12.0. The second-order valence-electron chi connectivity index (χ2n) is 10.0. The van der Waals surface area contributed by atoms with Gasteiger partial charge >= 0.3 is 6.09 Å². The predicted octanol–water partition coefficient (Wildman–Crippen LogP) is 4.59. The minimum absolute atomic E-state index is 0.0346. The van der Waals surface area contributed by atoms with Crippen LogP contribution in [0.2, 0.25) is 0 Å². The molecule has 2 N–H and O–H groups in total. The first-order valence-corrected chi connectivity index (χ1v) is 12.6. The zero-order chi connectivity index (χ0) is 25.5. The zero-order valence-electron chi connectivity index (χ0n) is 21.2. The molecule has 2 aromatic rings. The molecule has 36 heavy (non-hydrogen) atoms. The molecule has 1 saturated heterocycles. The van der Waals surface area contributed by atoms with Crippen molar-refractivity contribution in [3.63, 3.8) is 0 Å². The molecule has 0 radical (unpaired) electrons. The molecule has 1 amide bonds. The highest BCUT2D eigenvalue weighted by atomic mass is 16.8. The molecule has 7 nitrogen and oxygen atoms in total. The molecule has 4 rings (SSSR count). The molecular formula is C29H37NO6. The number of nitrogens with one attached hydrogen (secondary N) is 1. The lowest BCUT2D eigenvalue weighted by atomic mass is 9.74. The van der Waals surface area contributed by atoms with E-state index in [9.17, 15) is 9.90 Å².